The van der Waals surface area contributed by atoms with Crippen molar-refractivity contribution in [1.29, 1.82) is 0 Å². The highest BCUT2D eigenvalue weighted by Crippen LogP contribution is 1.96. The molecule has 0 amide bonds. The van der Waals surface area contributed by atoms with E-state index in [1.165, 1.54) is 5.46 Å². The molecule has 1 radical (unpaired) electrons. The van der Waals surface area contributed by atoms with E-state index in [-0.39, 0.29) is 11.0 Å². The lowest BCUT2D eigenvalue weighted by Gasteiger charge is -2.31. The van der Waals surface area contributed by atoms with Gasteiger partial charge in [0.15, 0.2) is 7.28 Å². The van der Waals surface area contributed by atoms with Crippen LogP contribution < -0.4 is 10.8 Å². The zero-order valence-electron chi connectivity index (χ0n) is 10.3. The van der Waals surface area contributed by atoms with Gasteiger partial charge < -0.3 is 21.2 Å². The van der Waals surface area contributed by atoms with Crippen LogP contribution in [0.25, 0.3) is 0 Å². The Balaban J connectivity index is 0.00000128. The molecule has 0 aliphatic carbocycles. The Kier molecular flexibility index (Phi) is 7.83. The molecule has 5 N–H and O–H groups in total. The fraction of sp³-hybridized carbons (Fsp3) is 0.500. The minimum absolute atomic E-state index is 0. The number of benzene rings is 1. The van der Waals surface area contributed by atoms with Crippen LogP contribution in [-0.4, -0.2) is 55.3 Å². The number of nitrogens with zero attached hydrogens (tertiary/aromatic N) is 1. The van der Waals surface area contributed by atoms with Crippen LogP contribution in [0.1, 0.15) is 6.92 Å². The molecule has 0 aromatic heterocycles. The molecule has 5 heteroatoms. The molecule has 0 saturated carbocycles. The first kappa shape index (κ1) is 16.1. The molecule has 1 saturated heterocycles. The Hall–Kier alpha value is -0.875. The second-order valence-electron chi connectivity index (χ2n) is 4.23. The van der Waals surface area contributed by atoms with Gasteiger partial charge in [0.2, 0.25) is 0 Å². The largest absolute Gasteiger partial charge is 0.412 e. The van der Waals surface area contributed by atoms with Crippen LogP contribution in [-0.2, 0) is 0 Å². The third-order valence-corrected chi connectivity index (χ3v) is 2.84. The molecule has 1 aliphatic rings. The standard InChI is InChI=1S/C12H18BN2.2H2O/c1-11-9-15(8-7-14-11)10-13-12-5-3-2-4-6-12;;/h2-6,11,14H,7-10H2,1H3;2*1H2. The fourth-order valence-corrected chi connectivity index (χ4v) is 2.00. The third kappa shape index (κ3) is 5.32. The van der Waals surface area contributed by atoms with Crippen molar-refractivity contribution >= 4 is 12.7 Å². The monoisotopic (exact) mass is 237 g/mol. The maximum atomic E-state index is 3.45. The van der Waals surface area contributed by atoms with E-state index in [1.54, 1.807) is 0 Å². The summed E-state index contributed by atoms with van der Waals surface area (Å²) >= 11 is 0. The van der Waals surface area contributed by atoms with E-state index in [0.29, 0.717) is 6.04 Å². The Morgan fingerprint density at radius 1 is 1.29 bits per heavy atom. The topological polar surface area (TPSA) is 78.3 Å². The molecule has 1 fully saturated rings. The summed E-state index contributed by atoms with van der Waals surface area (Å²) in [5, 5.41) is 3.45. The van der Waals surface area contributed by atoms with Crippen LogP contribution in [0.4, 0.5) is 0 Å². The summed E-state index contributed by atoms with van der Waals surface area (Å²) in [7, 11) is 2.30. The second-order valence-corrected chi connectivity index (χ2v) is 4.23. The fourth-order valence-electron chi connectivity index (χ4n) is 2.00. The van der Waals surface area contributed by atoms with Crippen molar-refractivity contribution in [1.82, 2.24) is 10.2 Å². The Morgan fingerprint density at radius 3 is 2.65 bits per heavy atom. The average molecular weight is 237 g/mol. The minimum atomic E-state index is 0. The SMILES string of the molecule is CC1CN(C[B]c2ccccc2)CCN1.O.O. The van der Waals surface area contributed by atoms with Crippen molar-refractivity contribution in [3.05, 3.63) is 30.3 Å². The van der Waals surface area contributed by atoms with Crippen molar-refractivity contribution in [3.8, 4) is 0 Å². The number of hydrogen-bond donors (Lipinski definition) is 1. The third-order valence-electron chi connectivity index (χ3n) is 2.84. The minimum Gasteiger partial charge on any atom is -0.412 e. The molecule has 1 heterocycles. The van der Waals surface area contributed by atoms with Crippen LogP contribution in [0.15, 0.2) is 30.3 Å². The summed E-state index contributed by atoms with van der Waals surface area (Å²) < 4.78 is 0. The van der Waals surface area contributed by atoms with Gasteiger partial charge in [-0.2, -0.15) is 0 Å². The zero-order chi connectivity index (χ0) is 10.5. The highest BCUT2D eigenvalue weighted by atomic mass is 16.0. The lowest BCUT2D eigenvalue weighted by Crippen LogP contribution is -2.51. The van der Waals surface area contributed by atoms with Crippen molar-refractivity contribution in [2.75, 3.05) is 26.1 Å². The highest BCUT2D eigenvalue weighted by molar-refractivity contribution is 6.53. The number of nitrogens with one attached hydrogen (secondary N) is 1. The zero-order valence-corrected chi connectivity index (χ0v) is 10.3. The van der Waals surface area contributed by atoms with E-state index in [1.807, 2.05) is 0 Å². The van der Waals surface area contributed by atoms with Gasteiger partial charge in [0, 0.05) is 25.7 Å². The summed E-state index contributed by atoms with van der Waals surface area (Å²) in [5.74, 6) is 0. The van der Waals surface area contributed by atoms with E-state index < -0.39 is 0 Å². The van der Waals surface area contributed by atoms with Crippen molar-refractivity contribution in [3.63, 3.8) is 0 Å². The first-order chi connectivity index (χ1) is 7.34. The highest BCUT2D eigenvalue weighted by Gasteiger charge is 2.14. The molecule has 1 aromatic rings. The van der Waals surface area contributed by atoms with Gasteiger partial charge in [0.1, 0.15) is 0 Å². The summed E-state index contributed by atoms with van der Waals surface area (Å²) in [5.41, 5.74) is 1.32. The van der Waals surface area contributed by atoms with Gasteiger partial charge in [-0.25, -0.2) is 0 Å². The smallest absolute Gasteiger partial charge is 0.169 e. The van der Waals surface area contributed by atoms with Gasteiger partial charge >= 0.3 is 0 Å². The molecule has 95 valence electrons. The molecule has 1 aliphatic heterocycles. The van der Waals surface area contributed by atoms with Gasteiger partial charge in [-0.1, -0.05) is 35.8 Å². The van der Waals surface area contributed by atoms with Crippen LogP contribution in [0.5, 0.6) is 0 Å². The van der Waals surface area contributed by atoms with Crippen molar-refractivity contribution < 1.29 is 11.0 Å². The number of piperazine rings is 1. The summed E-state index contributed by atoms with van der Waals surface area (Å²) in [6.45, 7) is 5.68. The Morgan fingerprint density at radius 2 is 2.00 bits per heavy atom. The summed E-state index contributed by atoms with van der Waals surface area (Å²) in [4.78, 5) is 2.49. The number of hydrogen-bond acceptors (Lipinski definition) is 2. The summed E-state index contributed by atoms with van der Waals surface area (Å²) in [6.07, 6.45) is 1.07. The van der Waals surface area contributed by atoms with Gasteiger partial charge in [0.05, 0.1) is 0 Å². The van der Waals surface area contributed by atoms with Gasteiger partial charge in [-0.3, -0.25) is 0 Å². The molecule has 0 spiro atoms. The maximum Gasteiger partial charge on any atom is 0.169 e. The first-order valence-electron chi connectivity index (χ1n) is 5.68. The van der Waals surface area contributed by atoms with Gasteiger partial charge in [0.25, 0.3) is 0 Å². The number of rotatable bonds is 3. The molecule has 2 rings (SSSR count). The predicted octanol–water partition coefficient (Wildman–Crippen LogP) is -1.38. The maximum absolute atomic E-state index is 3.45. The Labute approximate surface area is 104 Å². The second kappa shape index (κ2) is 8.25. The van der Waals surface area contributed by atoms with E-state index in [2.05, 4.69) is 54.8 Å². The van der Waals surface area contributed by atoms with Gasteiger partial charge in [-0.15, -0.1) is 0 Å². The average Bonchev–Trinajstić information content (AvgIpc) is 2.28. The van der Waals surface area contributed by atoms with Crippen LogP contribution in [0, 0.1) is 0 Å². The van der Waals surface area contributed by atoms with Crippen LogP contribution >= 0.6 is 0 Å². The normalized spacial score (nSPS) is 19.9. The molecular formula is C12H22BN2O2. The van der Waals surface area contributed by atoms with E-state index in [4.69, 9.17) is 0 Å². The first-order valence-corrected chi connectivity index (χ1v) is 5.68. The van der Waals surface area contributed by atoms with E-state index >= 15 is 0 Å². The van der Waals surface area contributed by atoms with Crippen LogP contribution in [0.3, 0.4) is 0 Å². The molecule has 4 nitrogen and oxygen atoms in total. The lowest BCUT2D eigenvalue weighted by molar-refractivity contribution is 0.236. The van der Waals surface area contributed by atoms with Crippen LogP contribution in [0.2, 0.25) is 0 Å². The molecule has 17 heavy (non-hydrogen) atoms. The molecule has 1 aromatic carbocycles. The molecule has 1 atom stereocenters. The predicted molar refractivity (Wildman–Crippen MR) is 73.0 cm³/mol. The Bertz CT molecular complexity index is 298. The lowest BCUT2D eigenvalue weighted by atomic mass is 9.70. The van der Waals surface area contributed by atoms with E-state index in [0.717, 1.165) is 26.1 Å². The van der Waals surface area contributed by atoms with Gasteiger partial charge in [-0.05, 0) is 13.4 Å². The molecule has 1 unspecified atom stereocenters. The molecule has 0 bridgehead atoms. The van der Waals surface area contributed by atoms with E-state index in [9.17, 15) is 0 Å². The summed E-state index contributed by atoms with van der Waals surface area (Å²) in [6, 6.07) is 11.2. The quantitative estimate of drug-likeness (QED) is 0.657. The molecular weight excluding hydrogens is 215 g/mol. The van der Waals surface area contributed by atoms with Crippen molar-refractivity contribution in [2.45, 2.75) is 13.0 Å². The van der Waals surface area contributed by atoms with Crippen molar-refractivity contribution in [2.24, 2.45) is 0 Å².